The van der Waals surface area contributed by atoms with E-state index in [4.69, 9.17) is 9.47 Å². The number of esters is 1. The van der Waals surface area contributed by atoms with E-state index >= 15 is 0 Å². The van der Waals surface area contributed by atoms with E-state index in [0.717, 1.165) is 29.7 Å². The van der Waals surface area contributed by atoms with Gasteiger partial charge in [0.2, 0.25) is 6.10 Å². The number of aryl methyl sites for hydroxylation is 2. The van der Waals surface area contributed by atoms with Gasteiger partial charge in [-0.3, -0.25) is 14.5 Å². The summed E-state index contributed by atoms with van der Waals surface area (Å²) in [6.07, 6.45) is -6.37. The molecular weight excluding hydrogens is 591 g/mol. The Balaban J connectivity index is 1.72. The Hall–Kier alpha value is -5.52. The molecule has 1 aliphatic heterocycles. The maximum absolute atomic E-state index is 14.3. The second kappa shape index (κ2) is 12.6. The third-order valence-electron chi connectivity index (χ3n) is 6.96. The molecule has 0 radical (unpaired) electrons. The van der Waals surface area contributed by atoms with Gasteiger partial charge in [-0.1, -0.05) is 72.3 Å². The number of amides is 1. The molecule has 0 bridgehead atoms. The van der Waals surface area contributed by atoms with E-state index in [0.29, 0.717) is 11.3 Å². The molecule has 230 valence electrons. The number of rotatable bonds is 9. The molecule has 5 rings (SSSR count). The summed E-state index contributed by atoms with van der Waals surface area (Å²) in [4.78, 5) is 42.7. The number of hydrogen-bond donors (Lipinski definition) is 0. The van der Waals surface area contributed by atoms with Crippen LogP contribution in [-0.4, -0.2) is 41.3 Å². The first kappa shape index (κ1) is 30.9. The molecule has 0 N–H and O–H groups in total. The number of carbonyl (C=O) groups excluding carboxylic acids is 3. The first-order valence-electron chi connectivity index (χ1n) is 13.6. The number of hydrogen-bond acceptors (Lipinski definition) is 8. The maximum Gasteiger partial charge on any atom is 0.573 e. The van der Waals surface area contributed by atoms with Crippen LogP contribution in [0.15, 0.2) is 102 Å². The van der Waals surface area contributed by atoms with Crippen molar-refractivity contribution < 1.29 is 41.8 Å². The van der Waals surface area contributed by atoms with Gasteiger partial charge in [-0.25, -0.2) is 4.79 Å². The molecule has 1 aliphatic rings. The summed E-state index contributed by atoms with van der Waals surface area (Å²) in [5, 5.41) is 8.20. The Labute approximate surface area is 255 Å². The summed E-state index contributed by atoms with van der Waals surface area (Å²) < 4.78 is 53.8. The van der Waals surface area contributed by atoms with Gasteiger partial charge in [0.15, 0.2) is 17.4 Å². The van der Waals surface area contributed by atoms with Gasteiger partial charge < -0.3 is 14.2 Å². The molecule has 12 heteroatoms. The minimum atomic E-state index is -4.93. The van der Waals surface area contributed by atoms with Crippen molar-refractivity contribution in [1.82, 2.24) is 10.2 Å². The molecule has 0 fully saturated rings. The summed E-state index contributed by atoms with van der Waals surface area (Å²) in [6, 6.07) is 21.5. The molecule has 0 saturated heterocycles. The molecule has 0 aliphatic carbocycles. The van der Waals surface area contributed by atoms with Crippen molar-refractivity contribution in [2.45, 2.75) is 32.4 Å². The zero-order valence-electron chi connectivity index (χ0n) is 24.2. The van der Waals surface area contributed by atoms with Crippen LogP contribution in [-0.2, 0) is 19.1 Å². The van der Waals surface area contributed by atoms with Crippen molar-refractivity contribution >= 4 is 23.5 Å². The number of aromatic nitrogens is 2. The maximum atomic E-state index is 14.3. The monoisotopic (exact) mass is 617 g/mol. The van der Waals surface area contributed by atoms with Gasteiger partial charge in [-0.05, 0) is 43.7 Å². The molecule has 1 amide bonds. The van der Waals surface area contributed by atoms with Gasteiger partial charge >= 0.3 is 12.3 Å². The third-order valence-corrected chi connectivity index (χ3v) is 6.96. The fourth-order valence-corrected chi connectivity index (χ4v) is 4.83. The lowest BCUT2D eigenvalue weighted by atomic mass is 9.92. The Kier molecular flexibility index (Phi) is 8.66. The largest absolute Gasteiger partial charge is 0.573 e. The zero-order chi connectivity index (χ0) is 32.3. The second-order valence-corrected chi connectivity index (χ2v) is 10.1. The van der Waals surface area contributed by atoms with Crippen LogP contribution in [0.25, 0.3) is 0 Å². The van der Waals surface area contributed by atoms with Crippen molar-refractivity contribution in [3.8, 4) is 5.75 Å². The van der Waals surface area contributed by atoms with E-state index in [9.17, 15) is 27.6 Å². The van der Waals surface area contributed by atoms with Gasteiger partial charge in [0.05, 0.1) is 24.4 Å². The summed E-state index contributed by atoms with van der Waals surface area (Å²) in [5.41, 5.74) is 2.06. The number of ether oxygens (including phenoxy) is 3. The SMILES string of the molecule is COC(=O)C(OC1=C(C(=O)c2ccc(C)cc2)C(c2ccc(OC(F)(F)F)cc2)N(c2ccc(C)nn2)C1=O)c1ccccc1. The van der Waals surface area contributed by atoms with Crippen LogP contribution < -0.4 is 9.64 Å². The number of halogens is 3. The molecule has 4 aromatic rings. The van der Waals surface area contributed by atoms with Crippen LogP contribution in [0.1, 0.15) is 44.9 Å². The number of anilines is 1. The lowest BCUT2D eigenvalue weighted by Gasteiger charge is -2.26. The molecule has 2 atom stereocenters. The van der Waals surface area contributed by atoms with E-state index in [1.54, 1.807) is 67.6 Å². The van der Waals surface area contributed by atoms with Crippen LogP contribution in [0.3, 0.4) is 0 Å². The number of benzene rings is 3. The summed E-state index contributed by atoms with van der Waals surface area (Å²) in [6.45, 7) is 3.53. The van der Waals surface area contributed by atoms with Gasteiger partial charge in [-0.15, -0.1) is 18.3 Å². The lowest BCUT2D eigenvalue weighted by Crippen LogP contribution is -2.32. The minimum absolute atomic E-state index is 0.0355. The highest BCUT2D eigenvalue weighted by Crippen LogP contribution is 2.44. The number of alkyl halides is 3. The van der Waals surface area contributed by atoms with Crippen molar-refractivity contribution in [3.63, 3.8) is 0 Å². The molecule has 45 heavy (non-hydrogen) atoms. The van der Waals surface area contributed by atoms with Gasteiger partial charge in [0, 0.05) is 11.1 Å². The number of methoxy groups -OCH3 is 1. The highest BCUT2D eigenvalue weighted by Gasteiger charge is 2.48. The summed E-state index contributed by atoms with van der Waals surface area (Å²) in [5.74, 6) is -3.19. The number of carbonyl (C=O) groups is 3. The first-order chi connectivity index (χ1) is 21.5. The molecule has 2 heterocycles. The fourth-order valence-electron chi connectivity index (χ4n) is 4.83. The molecule has 2 unspecified atom stereocenters. The molecular formula is C33H26F3N3O6. The van der Waals surface area contributed by atoms with Gasteiger partial charge in [0.1, 0.15) is 5.75 Å². The van der Waals surface area contributed by atoms with E-state index in [1.165, 1.54) is 18.2 Å². The van der Waals surface area contributed by atoms with Gasteiger partial charge in [-0.2, -0.15) is 5.10 Å². The van der Waals surface area contributed by atoms with Crippen molar-refractivity contribution in [2.24, 2.45) is 0 Å². The Morgan fingerprint density at radius 1 is 0.867 bits per heavy atom. The molecule has 0 saturated carbocycles. The number of Topliss-reactive ketones (excluding diaryl/α,β-unsaturated/α-hetero) is 1. The van der Waals surface area contributed by atoms with E-state index < -0.39 is 47.7 Å². The third kappa shape index (κ3) is 6.69. The highest BCUT2D eigenvalue weighted by atomic mass is 19.4. The van der Waals surface area contributed by atoms with Crippen LogP contribution in [0.4, 0.5) is 19.0 Å². The quantitative estimate of drug-likeness (QED) is 0.163. The number of nitrogens with zero attached hydrogens (tertiary/aromatic N) is 3. The molecule has 3 aromatic carbocycles. The lowest BCUT2D eigenvalue weighted by molar-refractivity contribution is -0.274. The zero-order valence-corrected chi connectivity index (χ0v) is 24.2. The average molecular weight is 618 g/mol. The standard InChI is InChI=1S/C33H26F3N3O6/c1-19-9-12-22(13-10-19)28(40)26-27(21-14-16-24(17-15-21)45-33(34,35)36)39(25-18-11-20(2)37-38-25)31(41)30(26)44-29(32(42)43-3)23-7-5-4-6-8-23/h4-18,27,29H,1-3H3. The number of ketones is 1. The highest BCUT2D eigenvalue weighted by molar-refractivity contribution is 6.21. The summed E-state index contributed by atoms with van der Waals surface area (Å²) in [7, 11) is 1.16. The van der Waals surface area contributed by atoms with E-state index in [-0.39, 0.29) is 22.5 Å². The Morgan fingerprint density at radius 3 is 2.11 bits per heavy atom. The van der Waals surface area contributed by atoms with Crippen molar-refractivity contribution in [3.05, 3.63) is 130 Å². The average Bonchev–Trinajstić information content (AvgIpc) is 3.31. The Morgan fingerprint density at radius 2 is 1.53 bits per heavy atom. The van der Waals surface area contributed by atoms with Crippen molar-refractivity contribution in [2.75, 3.05) is 12.0 Å². The summed E-state index contributed by atoms with van der Waals surface area (Å²) >= 11 is 0. The van der Waals surface area contributed by atoms with Crippen LogP contribution in [0.2, 0.25) is 0 Å². The van der Waals surface area contributed by atoms with Crippen LogP contribution >= 0.6 is 0 Å². The van der Waals surface area contributed by atoms with E-state index in [1.807, 2.05) is 6.92 Å². The second-order valence-electron chi connectivity index (χ2n) is 10.1. The predicted molar refractivity (Wildman–Crippen MR) is 155 cm³/mol. The molecule has 9 nitrogen and oxygen atoms in total. The fraction of sp³-hybridized carbons (Fsp3) is 0.182. The predicted octanol–water partition coefficient (Wildman–Crippen LogP) is 6.15. The smallest absolute Gasteiger partial charge is 0.468 e. The van der Waals surface area contributed by atoms with Crippen LogP contribution in [0, 0.1) is 13.8 Å². The van der Waals surface area contributed by atoms with E-state index in [2.05, 4.69) is 14.9 Å². The minimum Gasteiger partial charge on any atom is -0.468 e. The topological polar surface area (TPSA) is 108 Å². The molecule has 1 aromatic heterocycles. The van der Waals surface area contributed by atoms with Crippen LogP contribution in [0.5, 0.6) is 5.75 Å². The Bertz CT molecular complexity index is 1740. The molecule has 0 spiro atoms. The van der Waals surface area contributed by atoms with Crippen molar-refractivity contribution in [1.29, 1.82) is 0 Å². The van der Waals surface area contributed by atoms with Gasteiger partial charge in [0.25, 0.3) is 5.91 Å². The first-order valence-corrected chi connectivity index (χ1v) is 13.6. The normalized spacial score (nSPS) is 15.6.